The molecule has 1 aromatic heterocycles. The van der Waals surface area contributed by atoms with Gasteiger partial charge in [0.25, 0.3) is 0 Å². The van der Waals surface area contributed by atoms with E-state index in [0.717, 1.165) is 12.2 Å². The van der Waals surface area contributed by atoms with Crippen molar-refractivity contribution in [1.82, 2.24) is 10.3 Å². The smallest absolute Gasteiger partial charge is 0.0639 e. The van der Waals surface area contributed by atoms with Crippen LogP contribution in [0.4, 0.5) is 0 Å². The predicted molar refractivity (Wildman–Crippen MR) is 69.0 cm³/mol. The van der Waals surface area contributed by atoms with Crippen LogP contribution in [-0.4, -0.2) is 24.2 Å². The maximum Gasteiger partial charge on any atom is 0.0639 e. The van der Waals surface area contributed by atoms with Crippen molar-refractivity contribution in [2.24, 2.45) is 0 Å². The second kappa shape index (κ2) is 6.84. The minimum Gasteiger partial charge on any atom is -0.383 e. The van der Waals surface area contributed by atoms with Gasteiger partial charge in [0, 0.05) is 31.1 Å². The van der Waals surface area contributed by atoms with Gasteiger partial charge in [-0.1, -0.05) is 6.07 Å². The molecule has 0 atom stereocenters. The average Bonchev–Trinajstić information content (AvgIpc) is 2.16. The van der Waals surface area contributed by atoms with Crippen molar-refractivity contribution in [3.63, 3.8) is 0 Å². The molecule has 0 unspecified atom stereocenters. The zero-order valence-corrected chi connectivity index (χ0v) is 11.2. The highest BCUT2D eigenvalue weighted by molar-refractivity contribution is 5.85. The highest BCUT2D eigenvalue weighted by Crippen LogP contribution is 2.07. The summed E-state index contributed by atoms with van der Waals surface area (Å²) in [7, 11) is 1.72. The summed E-state index contributed by atoms with van der Waals surface area (Å²) < 4.78 is 5.15. The maximum absolute atomic E-state index is 5.15. The van der Waals surface area contributed by atoms with Crippen LogP contribution in [0.3, 0.4) is 0 Å². The average molecular weight is 245 g/mol. The monoisotopic (exact) mass is 244 g/mol. The van der Waals surface area contributed by atoms with Crippen molar-refractivity contribution in [3.05, 3.63) is 29.6 Å². The number of rotatable bonds is 5. The molecule has 0 bridgehead atoms. The largest absolute Gasteiger partial charge is 0.383 e. The summed E-state index contributed by atoms with van der Waals surface area (Å²) >= 11 is 0. The van der Waals surface area contributed by atoms with Crippen molar-refractivity contribution >= 4 is 12.4 Å². The molecule has 4 heteroatoms. The van der Waals surface area contributed by atoms with Gasteiger partial charge in [0.05, 0.1) is 6.61 Å². The topological polar surface area (TPSA) is 34.1 Å². The quantitative estimate of drug-likeness (QED) is 0.863. The normalized spacial score (nSPS) is 11.0. The van der Waals surface area contributed by atoms with E-state index in [9.17, 15) is 0 Å². The molecule has 0 amide bonds. The van der Waals surface area contributed by atoms with Crippen LogP contribution >= 0.6 is 12.4 Å². The van der Waals surface area contributed by atoms with Crippen molar-refractivity contribution in [1.29, 1.82) is 0 Å². The standard InChI is InChI=1S/C12H20N2O.ClH/c1-10-11(6-5-7-13-10)8-14-12(2,3)9-15-4;/h5-7,14H,8-9H2,1-4H3;1H. The fourth-order valence-corrected chi connectivity index (χ4v) is 1.45. The molecule has 0 aromatic carbocycles. The zero-order chi connectivity index (χ0) is 11.3. The molecule has 1 N–H and O–H groups in total. The molecule has 0 aliphatic heterocycles. The van der Waals surface area contributed by atoms with Crippen LogP contribution < -0.4 is 5.32 Å². The van der Waals surface area contributed by atoms with Gasteiger partial charge in [0.1, 0.15) is 0 Å². The first kappa shape index (κ1) is 15.4. The molecule has 1 heterocycles. The Kier molecular flexibility index (Phi) is 6.56. The summed E-state index contributed by atoms with van der Waals surface area (Å²) in [6.45, 7) is 7.81. The minimum atomic E-state index is -0.00295. The Labute approximate surface area is 104 Å². The summed E-state index contributed by atoms with van der Waals surface area (Å²) in [6, 6.07) is 4.06. The van der Waals surface area contributed by atoms with E-state index < -0.39 is 0 Å². The Bertz CT molecular complexity index is 316. The van der Waals surface area contributed by atoms with Crippen LogP contribution in [0.5, 0.6) is 0 Å². The van der Waals surface area contributed by atoms with Crippen molar-refractivity contribution in [2.75, 3.05) is 13.7 Å². The van der Waals surface area contributed by atoms with Crippen LogP contribution in [-0.2, 0) is 11.3 Å². The number of nitrogens with zero attached hydrogens (tertiary/aromatic N) is 1. The number of aryl methyl sites for hydroxylation is 1. The van der Waals surface area contributed by atoms with E-state index in [1.807, 2.05) is 19.2 Å². The molecule has 1 rings (SSSR count). The zero-order valence-electron chi connectivity index (χ0n) is 10.4. The van der Waals surface area contributed by atoms with E-state index in [2.05, 4.69) is 30.2 Å². The highest BCUT2D eigenvalue weighted by atomic mass is 35.5. The SMILES string of the molecule is COCC(C)(C)NCc1cccnc1C.Cl. The van der Waals surface area contributed by atoms with Gasteiger partial charge in [0.15, 0.2) is 0 Å². The molecular weight excluding hydrogens is 224 g/mol. The van der Waals surface area contributed by atoms with Gasteiger partial charge >= 0.3 is 0 Å². The van der Waals surface area contributed by atoms with Crippen LogP contribution in [0.2, 0.25) is 0 Å². The number of methoxy groups -OCH3 is 1. The molecule has 16 heavy (non-hydrogen) atoms. The van der Waals surface area contributed by atoms with Crippen molar-refractivity contribution < 1.29 is 4.74 Å². The first-order chi connectivity index (χ1) is 7.05. The summed E-state index contributed by atoms with van der Waals surface area (Å²) in [5, 5.41) is 3.45. The van der Waals surface area contributed by atoms with E-state index >= 15 is 0 Å². The number of halogens is 1. The van der Waals surface area contributed by atoms with Gasteiger partial charge in [-0.05, 0) is 32.4 Å². The molecule has 3 nitrogen and oxygen atoms in total. The number of nitrogens with one attached hydrogen (secondary N) is 1. The molecule has 0 saturated heterocycles. The van der Waals surface area contributed by atoms with Crippen LogP contribution in [0, 0.1) is 6.92 Å². The Balaban J connectivity index is 0.00000225. The first-order valence-electron chi connectivity index (χ1n) is 5.19. The lowest BCUT2D eigenvalue weighted by Crippen LogP contribution is -2.42. The van der Waals surface area contributed by atoms with E-state index in [0.29, 0.717) is 6.61 Å². The molecule has 0 fully saturated rings. The van der Waals surface area contributed by atoms with E-state index in [1.165, 1.54) is 5.56 Å². The van der Waals surface area contributed by atoms with E-state index in [1.54, 1.807) is 7.11 Å². The van der Waals surface area contributed by atoms with Gasteiger partial charge in [-0.15, -0.1) is 12.4 Å². The molecule has 0 saturated carbocycles. The number of hydrogen-bond donors (Lipinski definition) is 1. The second-order valence-electron chi connectivity index (χ2n) is 4.42. The molecule has 0 aliphatic rings. The van der Waals surface area contributed by atoms with Gasteiger partial charge in [-0.2, -0.15) is 0 Å². The Morgan fingerprint density at radius 3 is 2.69 bits per heavy atom. The Hall–Kier alpha value is -0.640. The number of pyridine rings is 1. The molecule has 0 radical (unpaired) electrons. The predicted octanol–water partition coefficient (Wildman–Crippen LogP) is 2.33. The molecule has 1 aromatic rings. The molecular formula is C12H21ClN2O. The van der Waals surface area contributed by atoms with Crippen molar-refractivity contribution in [2.45, 2.75) is 32.9 Å². The third-order valence-corrected chi connectivity index (χ3v) is 2.38. The summed E-state index contributed by atoms with van der Waals surface area (Å²) in [5.41, 5.74) is 2.32. The maximum atomic E-state index is 5.15. The lowest BCUT2D eigenvalue weighted by atomic mass is 10.1. The van der Waals surface area contributed by atoms with Gasteiger partial charge < -0.3 is 10.1 Å². The van der Waals surface area contributed by atoms with E-state index in [4.69, 9.17) is 4.74 Å². The number of ether oxygens (including phenoxy) is 1. The Morgan fingerprint density at radius 2 is 2.12 bits per heavy atom. The van der Waals surface area contributed by atoms with Crippen LogP contribution in [0.1, 0.15) is 25.1 Å². The number of aromatic nitrogens is 1. The fraction of sp³-hybridized carbons (Fsp3) is 0.583. The minimum absolute atomic E-state index is 0. The summed E-state index contributed by atoms with van der Waals surface area (Å²) in [4.78, 5) is 4.25. The van der Waals surface area contributed by atoms with Gasteiger partial charge in [-0.25, -0.2) is 0 Å². The molecule has 92 valence electrons. The summed E-state index contributed by atoms with van der Waals surface area (Å²) in [5.74, 6) is 0. The van der Waals surface area contributed by atoms with Gasteiger partial charge in [0.2, 0.25) is 0 Å². The van der Waals surface area contributed by atoms with Crippen LogP contribution in [0.15, 0.2) is 18.3 Å². The fourth-order valence-electron chi connectivity index (χ4n) is 1.45. The lowest BCUT2D eigenvalue weighted by molar-refractivity contribution is 0.127. The van der Waals surface area contributed by atoms with E-state index in [-0.39, 0.29) is 17.9 Å². The molecule has 0 spiro atoms. The molecule has 0 aliphatic carbocycles. The van der Waals surface area contributed by atoms with Crippen LogP contribution in [0.25, 0.3) is 0 Å². The van der Waals surface area contributed by atoms with Crippen molar-refractivity contribution in [3.8, 4) is 0 Å². The third-order valence-electron chi connectivity index (χ3n) is 2.38. The lowest BCUT2D eigenvalue weighted by Gasteiger charge is -2.25. The van der Waals surface area contributed by atoms with Gasteiger partial charge in [-0.3, -0.25) is 4.98 Å². The number of hydrogen-bond acceptors (Lipinski definition) is 3. The highest BCUT2D eigenvalue weighted by Gasteiger charge is 2.16. The first-order valence-corrected chi connectivity index (χ1v) is 5.19. The summed E-state index contributed by atoms with van der Waals surface area (Å²) in [6.07, 6.45) is 1.82. The third kappa shape index (κ3) is 4.92. The Morgan fingerprint density at radius 1 is 1.44 bits per heavy atom. The second-order valence-corrected chi connectivity index (χ2v) is 4.42.